The van der Waals surface area contributed by atoms with E-state index in [1.807, 2.05) is 24.3 Å². The van der Waals surface area contributed by atoms with Crippen molar-refractivity contribution in [3.05, 3.63) is 86.9 Å². The van der Waals surface area contributed by atoms with Crippen LogP contribution in [0.1, 0.15) is 10.4 Å². The quantitative estimate of drug-likeness (QED) is 0.224. The number of hydrogen-bond donors (Lipinski definition) is 2. The molecule has 0 saturated heterocycles. The third-order valence-electron chi connectivity index (χ3n) is 4.32. The van der Waals surface area contributed by atoms with Gasteiger partial charge in [-0.3, -0.25) is 20.2 Å². The van der Waals surface area contributed by atoms with Crippen LogP contribution in [0.5, 0.6) is 0 Å². The van der Waals surface area contributed by atoms with Crippen molar-refractivity contribution in [3.8, 4) is 11.5 Å². The molecule has 4 aromatic rings. The lowest BCUT2D eigenvalue weighted by Gasteiger charge is -2.09. The normalized spacial score (nSPS) is 10.6. The molecule has 31 heavy (non-hydrogen) atoms. The molecular formula is C21H13BrN4O4S. The number of carbonyl (C=O) groups is 1. The second kappa shape index (κ2) is 8.62. The maximum absolute atomic E-state index is 12.3. The van der Waals surface area contributed by atoms with Crippen LogP contribution in [0.15, 0.2) is 75.6 Å². The molecule has 4 rings (SSSR count). The molecule has 8 nitrogen and oxygen atoms in total. The molecule has 3 aromatic carbocycles. The zero-order valence-corrected chi connectivity index (χ0v) is 18.1. The summed E-state index contributed by atoms with van der Waals surface area (Å²) in [5.74, 6) is -0.000184. The first-order valence-electron chi connectivity index (χ1n) is 8.93. The fourth-order valence-corrected chi connectivity index (χ4v) is 3.49. The molecule has 1 aromatic heterocycles. The summed E-state index contributed by atoms with van der Waals surface area (Å²) in [6.07, 6.45) is 0. The summed E-state index contributed by atoms with van der Waals surface area (Å²) >= 11 is 8.69. The van der Waals surface area contributed by atoms with Gasteiger partial charge in [-0.2, -0.15) is 0 Å². The van der Waals surface area contributed by atoms with Crippen molar-refractivity contribution < 1.29 is 14.1 Å². The number of nitrogens with zero attached hydrogens (tertiary/aromatic N) is 2. The van der Waals surface area contributed by atoms with Crippen molar-refractivity contribution in [2.24, 2.45) is 0 Å². The minimum absolute atomic E-state index is 0.0808. The van der Waals surface area contributed by atoms with Gasteiger partial charge in [-0.15, -0.1) is 0 Å². The highest BCUT2D eigenvalue weighted by atomic mass is 79.9. The van der Waals surface area contributed by atoms with E-state index in [-0.39, 0.29) is 16.4 Å². The first-order valence-corrected chi connectivity index (χ1v) is 10.1. The Labute approximate surface area is 189 Å². The molecule has 0 radical (unpaired) electrons. The monoisotopic (exact) mass is 496 g/mol. The molecule has 1 heterocycles. The lowest BCUT2D eigenvalue weighted by Crippen LogP contribution is -2.34. The summed E-state index contributed by atoms with van der Waals surface area (Å²) in [4.78, 5) is 27.0. The number of hydrogen-bond acceptors (Lipinski definition) is 6. The van der Waals surface area contributed by atoms with Gasteiger partial charge >= 0.3 is 0 Å². The molecule has 0 aliphatic rings. The Morgan fingerprint density at radius 1 is 1.10 bits per heavy atom. The number of halogens is 1. The Morgan fingerprint density at radius 2 is 1.84 bits per heavy atom. The highest BCUT2D eigenvalue weighted by molar-refractivity contribution is 9.10. The van der Waals surface area contributed by atoms with E-state index in [9.17, 15) is 14.9 Å². The Bertz CT molecular complexity index is 1320. The molecule has 1 amide bonds. The second-order valence-corrected chi connectivity index (χ2v) is 7.66. The molecule has 0 atom stereocenters. The number of carbonyl (C=O) groups excluding carboxylic acids is 1. The lowest BCUT2D eigenvalue weighted by atomic mass is 10.2. The van der Waals surface area contributed by atoms with E-state index in [4.69, 9.17) is 16.6 Å². The Balaban J connectivity index is 1.46. The molecule has 10 heteroatoms. The molecule has 0 aliphatic carbocycles. The predicted molar refractivity (Wildman–Crippen MR) is 124 cm³/mol. The highest BCUT2D eigenvalue weighted by Gasteiger charge is 2.13. The van der Waals surface area contributed by atoms with E-state index in [2.05, 4.69) is 31.5 Å². The first-order chi connectivity index (χ1) is 14.9. The van der Waals surface area contributed by atoms with Crippen molar-refractivity contribution in [3.63, 3.8) is 0 Å². The van der Waals surface area contributed by atoms with Gasteiger partial charge in [0.15, 0.2) is 10.7 Å². The summed E-state index contributed by atoms with van der Waals surface area (Å²) in [6.45, 7) is 0. The van der Waals surface area contributed by atoms with E-state index in [0.29, 0.717) is 22.7 Å². The highest BCUT2D eigenvalue weighted by Crippen LogP contribution is 2.30. The van der Waals surface area contributed by atoms with Crippen LogP contribution in [0, 0.1) is 10.1 Å². The summed E-state index contributed by atoms with van der Waals surface area (Å²) < 4.78 is 6.69. The van der Waals surface area contributed by atoms with E-state index < -0.39 is 10.8 Å². The van der Waals surface area contributed by atoms with E-state index in [0.717, 1.165) is 10.0 Å². The van der Waals surface area contributed by atoms with Crippen LogP contribution in [-0.4, -0.2) is 20.9 Å². The smallest absolute Gasteiger partial charge is 0.269 e. The molecule has 0 aliphatic heterocycles. The minimum Gasteiger partial charge on any atom is -0.436 e. The van der Waals surface area contributed by atoms with Gasteiger partial charge in [0, 0.05) is 27.9 Å². The van der Waals surface area contributed by atoms with Crippen LogP contribution in [0.25, 0.3) is 22.6 Å². The number of amides is 1. The maximum atomic E-state index is 12.3. The van der Waals surface area contributed by atoms with Crippen LogP contribution in [0.3, 0.4) is 0 Å². The first kappa shape index (κ1) is 20.6. The number of aromatic nitrogens is 1. The Kier molecular flexibility index (Phi) is 5.74. The van der Waals surface area contributed by atoms with Gasteiger partial charge in [0.25, 0.3) is 11.6 Å². The number of oxazole rings is 1. The van der Waals surface area contributed by atoms with Crippen molar-refractivity contribution in [1.29, 1.82) is 0 Å². The number of rotatable bonds is 4. The zero-order valence-electron chi connectivity index (χ0n) is 15.7. The summed E-state index contributed by atoms with van der Waals surface area (Å²) in [6, 6.07) is 18.1. The number of fused-ring (bicyclic) bond motifs is 1. The molecule has 0 saturated carbocycles. The van der Waals surface area contributed by atoms with Crippen molar-refractivity contribution in [2.45, 2.75) is 0 Å². The standard InChI is InChI=1S/C21H13BrN4O4S/c22-16-4-2-1-3-15(16)20-24-17-11-13(7-10-18(17)30-20)23-21(31)25-19(27)12-5-8-14(9-6-12)26(28)29/h1-11H,(H2,23,25,27,31). The summed E-state index contributed by atoms with van der Waals surface area (Å²) in [5.41, 5.74) is 2.84. The molecular weight excluding hydrogens is 484 g/mol. The van der Waals surface area contributed by atoms with E-state index >= 15 is 0 Å². The largest absolute Gasteiger partial charge is 0.436 e. The molecule has 0 bridgehead atoms. The molecule has 0 fully saturated rings. The number of non-ortho nitro benzene ring substituents is 1. The van der Waals surface area contributed by atoms with Crippen LogP contribution < -0.4 is 10.6 Å². The zero-order chi connectivity index (χ0) is 22.0. The lowest BCUT2D eigenvalue weighted by molar-refractivity contribution is -0.384. The van der Waals surface area contributed by atoms with E-state index in [1.54, 1.807) is 18.2 Å². The number of nitro benzene ring substituents is 1. The average Bonchev–Trinajstić information content (AvgIpc) is 3.17. The van der Waals surface area contributed by atoms with Crippen LogP contribution >= 0.6 is 28.1 Å². The topological polar surface area (TPSA) is 110 Å². The SMILES string of the molecule is O=C(NC(=S)Nc1ccc2oc(-c3ccccc3Br)nc2c1)c1ccc([N+](=O)[O-])cc1. The van der Waals surface area contributed by atoms with Crippen LogP contribution in [-0.2, 0) is 0 Å². The van der Waals surface area contributed by atoms with Gasteiger partial charge < -0.3 is 9.73 Å². The van der Waals surface area contributed by atoms with Gasteiger partial charge in [-0.1, -0.05) is 12.1 Å². The summed E-state index contributed by atoms with van der Waals surface area (Å²) in [7, 11) is 0. The van der Waals surface area contributed by atoms with Crippen molar-refractivity contribution >= 4 is 61.6 Å². The fourth-order valence-electron chi connectivity index (χ4n) is 2.83. The van der Waals surface area contributed by atoms with Gasteiger partial charge in [-0.05, 0) is 70.6 Å². The number of nitrogens with one attached hydrogen (secondary N) is 2. The summed E-state index contributed by atoms with van der Waals surface area (Å²) in [5, 5.41) is 16.3. The van der Waals surface area contributed by atoms with Gasteiger partial charge in [0.05, 0.1) is 10.5 Å². The van der Waals surface area contributed by atoms with E-state index in [1.165, 1.54) is 24.3 Å². The Morgan fingerprint density at radius 3 is 2.55 bits per heavy atom. The number of nitro groups is 1. The van der Waals surface area contributed by atoms with Crippen molar-refractivity contribution in [2.75, 3.05) is 5.32 Å². The Hall–Kier alpha value is -3.63. The predicted octanol–water partition coefficient (Wildman–Crippen LogP) is 5.29. The number of anilines is 1. The molecule has 0 spiro atoms. The fraction of sp³-hybridized carbons (Fsp3) is 0. The van der Waals surface area contributed by atoms with Gasteiger partial charge in [0.2, 0.25) is 5.89 Å². The average molecular weight is 497 g/mol. The molecule has 0 unspecified atom stereocenters. The number of benzene rings is 3. The third kappa shape index (κ3) is 4.60. The van der Waals surface area contributed by atoms with Crippen molar-refractivity contribution in [1.82, 2.24) is 10.3 Å². The number of thiocarbonyl (C=S) groups is 1. The molecule has 154 valence electrons. The van der Waals surface area contributed by atoms with Crippen LogP contribution in [0.4, 0.5) is 11.4 Å². The maximum Gasteiger partial charge on any atom is 0.269 e. The van der Waals surface area contributed by atoms with Gasteiger partial charge in [-0.25, -0.2) is 4.98 Å². The third-order valence-corrected chi connectivity index (χ3v) is 5.21. The molecule has 2 N–H and O–H groups in total. The second-order valence-electron chi connectivity index (χ2n) is 6.39. The van der Waals surface area contributed by atoms with Crippen LogP contribution in [0.2, 0.25) is 0 Å². The minimum atomic E-state index is -0.532. The van der Waals surface area contributed by atoms with Gasteiger partial charge in [0.1, 0.15) is 5.52 Å².